The lowest BCUT2D eigenvalue weighted by Crippen LogP contribution is -2.32. The van der Waals surface area contributed by atoms with Gasteiger partial charge in [0.15, 0.2) is 6.61 Å². The summed E-state index contributed by atoms with van der Waals surface area (Å²) in [4.78, 5) is 30.2. The maximum atomic E-state index is 12.3. The van der Waals surface area contributed by atoms with E-state index in [9.17, 15) is 9.59 Å². The molecule has 0 atom stereocenters. The van der Waals surface area contributed by atoms with Crippen LogP contribution >= 0.6 is 11.6 Å². The van der Waals surface area contributed by atoms with Gasteiger partial charge in [-0.2, -0.15) is 0 Å². The molecule has 1 aliphatic heterocycles. The number of ether oxygens (including phenoxy) is 1. The van der Waals surface area contributed by atoms with Crippen molar-refractivity contribution in [3.05, 3.63) is 53.2 Å². The lowest BCUT2D eigenvalue weighted by molar-refractivity contribution is -0.133. The Morgan fingerprint density at radius 2 is 1.96 bits per heavy atom. The molecule has 3 rings (SSSR count). The summed E-state index contributed by atoms with van der Waals surface area (Å²) in [6, 6.07) is 10.6. The Labute approximate surface area is 145 Å². The number of aromatic nitrogens is 1. The van der Waals surface area contributed by atoms with Crippen molar-refractivity contribution in [1.29, 1.82) is 0 Å². The van der Waals surface area contributed by atoms with Crippen molar-refractivity contribution in [2.24, 2.45) is 0 Å². The van der Waals surface area contributed by atoms with Gasteiger partial charge in [0.2, 0.25) is 0 Å². The molecule has 0 bridgehead atoms. The molecule has 24 heavy (non-hydrogen) atoms. The van der Waals surface area contributed by atoms with E-state index in [1.165, 1.54) is 0 Å². The molecule has 2 heterocycles. The van der Waals surface area contributed by atoms with E-state index >= 15 is 0 Å². The van der Waals surface area contributed by atoms with E-state index in [2.05, 4.69) is 4.98 Å². The predicted molar refractivity (Wildman–Crippen MR) is 90.8 cm³/mol. The molecule has 1 aliphatic rings. The zero-order valence-corrected chi connectivity index (χ0v) is 13.8. The summed E-state index contributed by atoms with van der Waals surface area (Å²) in [6.07, 6.45) is 3.67. The molecule has 0 radical (unpaired) electrons. The average Bonchev–Trinajstić information content (AvgIpc) is 3.15. The Bertz CT molecular complexity index is 743. The third-order valence-corrected chi connectivity index (χ3v) is 4.26. The average molecular weight is 345 g/mol. The molecule has 1 saturated heterocycles. The van der Waals surface area contributed by atoms with E-state index in [0.29, 0.717) is 0 Å². The molecule has 0 spiro atoms. The first-order chi connectivity index (χ1) is 11.6. The molecular weight excluding hydrogens is 328 g/mol. The van der Waals surface area contributed by atoms with E-state index in [0.717, 1.165) is 37.2 Å². The molecule has 6 heteroatoms. The second-order valence-corrected chi connectivity index (χ2v) is 5.98. The number of carbonyl (C=O) groups is 2. The van der Waals surface area contributed by atoms with Crippen LogP contribution in [-0.2, 0) is 9.53 Å². The second kappa shape index (κ2) is 7.45. The van der Waals surface area contributed by atoms with Gasteiger partial charge in [-0.05, 0) is 37.1 Å². The standard InChI is InChI=1S/C18H17ClN2O3/c19-15-7-6-13(16-5-1-2-8-20-16)11-14(15)18(23)24-12-17(22)21-9-3-4-10-21/h1-2,5-8,11H,3-4,9-10,12H2. The first-order valence-electron chi connectivity index (χ1n) is 7.81. The second-order valence-electron chi connectivity index (χ2n) is 5.57. The summed E-state index contributed by atoms with van der Waals surface area (Å²) in [7, 11) is 0. The van der Waals surface area contributed by atoms with Gasteiger partial charge in [-0.3, -0.25) is 9.78 Å². The Morgan fingerprint density at radius 1 is 1.17 bits per heavy atom. The Morgan fingerprint density at radius 3 is 2.67 bits per heavy atom. The number of carbonyl (C=O) groups excluding carboxylic acids is 2. The first kappa shape index (κ1) is 16.5. The van der Waals surface area contributed by atoms with Gasteiger partial charge in [-0.15, -0.1) is 0 Å². The Hall–Kier alpha value is -2.40. The minimum absolute atomic E-state index is 0.169. The molecule has 0 unspecified atom stereocenters. The first-order valence-corrected chi connectivity index (χ1v) is 8.19. The normalized spacial score (nSPS) is 13.8. The van der Waals surface area contributed by atoms with Crippen LogP contribution < -0.4 is 0 Å². The molecule has 1 aromatic heterocycles. The third kappa shape index (κ3) is 3.74. The van der Waals surface area contributed by atoms with Crippen molar-refractivity contribution in [2.75, 3.05) is 19.7 Å². The number of hydrogen-bond donors (Lipinski definition) is 0. The van der Waals surface area contributed by atoms with Gasteiger partial charge in [0, 0.05) is 24.8 Å². The van der Waals surface area contributed by atoms with E-state index < -0.39 is 5.97 Å². The highest BCUT2D eigenvalue weighted by molar-refractivity contribution is 6.33. The molecule has 0 N–H and O–H groups in total. The van der Waals surface area contributed by atoms with Gasteiger partial charge in [0.25, 0.3) is 5.91 Å². The fraction of sp³-hybridized carbons (Fsp3) is 0.278. The molecule has 0 saturated carbocycles. The molecule has 1 fully saturated rings. The molecule has 5 nitrogen and oxygen atoms in total. The minimum Gasteiger partial charge on any atom is -0.452 e. The number of halogens is 1. The third-order valence-electron chi connectivity index (χ3n) is 3.93. The number of likely N-dealkylation sites (tertiary alicyclic amines) is 1. The minimum atomic E-state index is -0.606. The van der Waals surface area contributed by atoms with Crippen molar-refractivity contribution in [3.63, 3.8) is 0 Å². The smallest absolute Gasteiger partial charge is 0.340 e. The fourth-order valence-electron chi connectivity index (χ4n) is 2.64. The van der Waals surface area contributed by atoms with Crippen LogP contribution in [0.5, 0.6) is 0 Å². The molecule has 1 amide bonds. The summed E-state index contributed by atoms with van der Waals surface area (Å²) in [5, 5.41) is 0.285. The van der Waals surface area contributed by atoms with Crippen LogP contribution in [0.4, 0.5) is 0 Å². The molecule has 2 aromatic rings. The quantitative estimate of drug-likeness (QED) is 0.799. The Kier molecular flexibility index (Phi) is 5.11. The number of pyridine rings is 1. The highest BCUT2D eigenvalue weighted by Gasteiger charge is 2.20. The van der Waals surface area contributed by atoms with Crippen LogP contribution in [0.3, 0.4) is 0 Å². The maximum Gasteiger partial charge on any atom is 0.340 e. The van der Waals surface area contributed by atoms with Crippen LogP contribution in [0.2, 0.25) is 5.02 Å². The van der Waals surface area contributed by atoms with Crippen LogP contribution in [0, 0.1) is 0 Å². The summed E-state index contributed by atoms with van der Waals surface area (Å²) in [6.45, 7) is 1.20. The zero-order chi connectivity index (χ0) is 16.9. The van der Waals surface area contributed by atoms with Gasteiger partial charge in [-0.25, -0.2) is 4.79 Å². The lowest BCUT2D eigenvalue weighted by Gasteiger charge is -2.15. The molecule has 1 aromatic carbocycles. The van der Waals surface area contributed by atoms with E-state index in [4.69, 9.17) is 16.3 Å². The summed E-state index contributed by atoms with van der Waals surface area (Å²) < 4.78 is 5.14. The van der Waals surface area contributed by atoms with Crippen LogP contribution in [0.25, 0.3) is 11.3 Å². The van der Waals surface area contributed by atoms with Gasteiger partial charge < -0.3 is 9.64 Å². The van der Waals surface area contributed by atoms with Crippen LogP contribution in [-0.4, -0.2) is 41.5 Å². The highest BCUT2D eigenvalue weighted by Crippen LogP contribution is 2.24. The molecule has 0 aliphatic carbocycles. The predicted octanol–water partition coefficient (Wildman–Crippen LogP) is 3.18. The van der Waals surface area contributed by atoms with Crippen LogP contribution in [0.1, 0.15) is 23.2 Å². The summed E-state index contributed by atoms with van der Waals surface area (Å²) >= 11 is 6.10. The van der Waals surface area contributed by atoms with Gasteiger partial charge in [0.1, 0.15) is 0 Å². The topological polar surface area (TPSA) is 59.5 Å². The van der Waals surface area contributed by atoms with E-state index in [1.807, 2.05) is 18.2 Å². The number of benzene rings is 1. The lowest BCUT2D eigenvalue weighted by atomic mass is 10.1. The molecular formula is C18H17ClN2O3. The SMILES string of the molecule is O=C(OCC(=O)N1CCCC1)c1cc(-c2ccccn2)ccc1Cl. The van der Waals surface area contributed by atoms with E-state index in [1.54, 1.807) is 29.3 Å². The number of esters is 1. The maximum absolute atomic E-state index is 12.3. The summed E-state index contributed by atoms with van der Waals surface area (Å²) in [5.41, 5.74) is 1.73. The van der Waals surface area contributed by atoms with Gasteiger partial charge >= 0.3 is 5.97 Å². The fourth-order valence-corrected chi connectivity index (χ4v) is 2.83. The summed E-state index contributed by atoms with van der Waals surface area (Å²) in [5.74, 6) is -0.775. The number of rotatable bonds is 4. The van der Waals surface area contributed by atoms with E-state index in [-0.39, 0.29) is 23.1 Å². The van der Waals surface area contributed by atoms with Crippen molar-refractivity contribution in [1.82, 2.24) is 9.88 Å². The van der Waals surface area contributed by atoms with Crippen LogP contribution in [0.15, 0.2) is 42.6 Å². The van der Waals surface area contributed by atoms with Crippen molar-refractivity contribution < 1.29 is 14.3 Å². The number of hydrogen-bond acceptors (Lipinski definition) is 4. The highest BCUT2D eigenvalue weighted by atomic mass is 35.5. The zero-order valence-electron chi connectivity index (χ0n) is 13.1. The molecule has 124 valence electrons. The van der Waals surface area contributed by atoms with Crippen molar-refractivity contribution in [3.8, 4) is 11.3 Å². The van der Waals surface area contributed by atoms with Gasteiger partial charge in [0.05, 0.1) is 16.3 Å². The largest absolute Gasteiger partial charge is 0.452 e. The Balaban J connectivity index is 1.71. The van der Waals surface area contributed by atoms with Gasteiger partial charge in [-0.1, -0.05) is 23.7 Å². The number of nitrogens with zero attached hydrogens (tertiary/aromatic N) is 2. The van der Waals surface area contributed by atoms with Crippen molar-refractivity contribution >= 4 is 23.5 Å². The van der Waals surface area contributed by atoms with Crippen molar-refractivity contribution in [2.45, 2.75) is 12.8 Å². The monoisotopic (exact) mass is 344 g/mol. The number of amides is 1.